The van der Waals surface area contributed by atoms with Crippen molar-refractivity contribution in [1.82, 2.24) is 9.88 Å². The van der Waals surface area contributed by atoms with Crippen LogP contribution in [0.4, 0.5) is 0 Å². The molecule has 0 N–H and O–H groups in total. The fraction of sp³-hybridized carbons (Fsp3) is 0.350. The lowest BCUT2D eigenvalue weighted by Gasteiger charge is -2.26. The van der Waals surface area contributed by atoms with E-state index in [1.165, 1.54) is 0 Å². The highest BCUT2D eigenvalue weighted by atomic mass is 35.5. The first-order valence-corrected chi connectivity index (χ1v) is 9.15. The molecule has 26 heavy (non-hydrogen) atoms. The molecule has 5 nitrogen and oxygen atoms in total. The zero-order valence-corrected chi connectivity index (χ0v) is 14.8. The predicted octanol–water partition coefficient (Wildman–Crippen LogP) is 3.06. The van der Waals surface area contributed by atoms with Gasteiger partial charge in [-0.15, -0.1) is 0 Å². The lowest BCUT2D eigenvalue weighted by molar-refractivity contribution is -0.134. The van der Waals surface area contributed by atoms with Crippen LogP contribution in [0.2, 0.25) is 5.02 Å². The zero-order chi connectivity index (χ0) is 17.9. The number of amides is 1. The van der Waals surface area contributed by atoms with E-state index in [0.29, 0.717) is 30.1 Å². The first kappa shape index (κ1) is 15.8. The van der Waals surface area contributed by atoms with Gasteiger partial charge >= 0.3 is 5.97 Å². The average Bonchev–Trinajstić information content (AvgIpc) is 3.28. The number of carbonyl (C=O) groups excluding carboxylic acids is 2. The highest BCUT2D eigenvalue weighted by Crippen LogP contribution is 2.52. The van der Waals surface area contributed by atoms with Crippen LogP contribution in [0, 0.1) is 0 Å². The minimum atomic E-state index is -0.744. The number of nitrogens with zero attached hydrogens (tertiary/aromatic N) is 2. The summed E-state index contributed by atoms with van der Waals surface area (Å²) in [5, 5.41) is 0.666. The molecule has 6 heteroatoms. The number of benzene rings is 1. The monoisotopic (exact) mass is 368 g/mol. The number of esters is 1. The van der Waals surface area contributed by atoms with Crippen LogP contribution in [0.5, 0.6) is 0 Å². The smallest absolute Gasteiger partial charge is 0.339 e. The van der Waals surface area contributed by atoms with E-state index in [1.807, 2.05) is 29.2 Å². The van der Waals surface area contributed by atoms with Gasteiger partial charge in [-0.05, 0) is 36.6 Å². The molecule has 3 heterocycles. The molecular weight excluding hydrogens is 352 g/mol. The SMILES string of the molecule is O=C1OC2(CCN(C(=O)C3(c4ccc(Cl)cc4)CC3)C2)c2cnccc21. The van der Waals surface area contributed by atoms with Gasteiger partial charge in [-0.1, -0.05) is 23.7 Å². The lowest BCUT2D eigenvalue weighted by Crippen LogP contribution is -2.40. The van der Waals surface area contributed by atoms with Crippen LogP contribution in [0.25, 0.3) is 0 Å². The minimum absolute atomic E-state index is 0.116. The Bertz CT molecular complexity index is 923. The van der Waals surface area contributed by atoms with Gasteiger partial charge in [0.2, 0.25) is 5.91 Å². The molecule has 2 aliphatic heterocycles. The van der Waals surface area contributed by atoms with Gasteiger partial charge in [0.15, 0.2) is 5.60 Å². The average molecular weight is 369 g/mol. The summed E-state index contributed by atoms with van der Waals surface area (Å²) < 4.78 is 5.72. The van der Waals surface area contributed by atoms with Gasteiger partial charge in [0.05, 0.1) is 17.5 Å². The van der Waals surface area contributed by atoms with Gasteiger partial charge in [0.25, 0.3) is 0 Å². The Morgan fingerprint density at radius 3 is 2.65 bits per heavy atom. The topological polar surface area (TPSA) is 59.5 Å². The standard InChI is InChI=1S/C20H17ClN2O3/c21-14-3-1-13(2-4-14)19(6-7-19)18(25)23-10-8-20(12-23)16-11-22-9-5-15(16)17(24)26-20/h1-5,9,11H,6-8,10,12H2. The van der Waals surface area contributed by atoms with Gasteiger partial charge in [-0.25, -0.2) is 4.79 Å². The molecule has 1 aromatic carbocycles. The fourth-order valence-corrected chi connectivity index (χ4v) is 4.43. The molecule has 5 rings (SSSR count). The summed E-state index contributed by atoms with van der Waals surface area (Å²) in [4.78, 5) is 31.5. The predicted molar refractivity (Wildman–Crippen MR) is 94.9 cm³/mol. The summed E-state index contributed by atoms with van der Waals surface area (Å²) in [6, 6.07) is 9.22. The molecule has 0 radical (unpaired) electrons. The molecule has 1 unspecified atom stereocenters. The second kappa shape index (κ2) is 5.30. The van der Waals surface area contributed by atoms with Crippen molar-refractivity contribution < 1.29 is 14.3 Å². The van der Waals surface area contributed by atoms with Crippen LogP contribution in [0.1, 0.15) is 40.7 Å². The second-order valence-corrected chi connectivity index (χ2v) is 7.81. The van der Waals surface area contributed by atoms with Crippen molar-refractivity contribution in [3.8, 4) is 0 Å². The number of fused-ring (bicyclic) bond motifs is 2. The summed E-state index contributed by atoms with van der Waals surface area (Å²) in [6.07, 6.45) is 5.58. The van der Waals surface area contributed by atoms with Crippen molar-refractivity contribution in [2.45, 2.75) is 30.3 Å². The van der Waals surface area contributed by atoms with Crippen LogP contribution < -0.4 is 0 Å². The Labute approximate surface area is 155 Å². The molecule has 1 amide bonds. The van der Waals surface area contributed by atoms with Crippen molar-refractivity contribution in [2.75, 3.05) is 13.1 Å². The van der Waals surface area contributed by atoms with E-state index >= 15 is 0 Å². The molecule has 2 fully saturated rings. The molecule has 2 aromatic rings. The van der Waals surface area contributed by atoms with Gasteiger partial charge in [-0.3, -0.25) is 9.78 Å². The third kappa shape index (κ3) is 2.13. The number of rotatable bonds is 2. The summed E-state index contributed by atoms with van der Waals surface area (Å²) in [5.41, 5.74) is 1.19. The number of hydrogen-bond acceptors (Lipinski definition) is 4. The Hall–Kier alpha value is -2.40. The highest BCUT2D eigenvalue weighted by molar-refractivity contribution is 6.30. The number of aromatic nitrogens is 1. The molecule has 3 aliphatic rings. The van der Waals surface area contributed by atoms with E-state index in [1.54, 1.807) is 18.5 Å². The normalized spacial score (nSPS) is 25.3. The molecule has 1 saturated carbocycles. The minimum Gasteiger partial charge on any atom is -0.448 e. The van der Waals surface area contributed by atoms with Gasteiger partial charge in [-0.2, -0.15) is 0 Å². The molecule has 1 aliphatic carbocycles. The lowest BCUT2D eigenvalue weighted by atomic mass is 9.92. The molecule has 1 atom stereocenters. The molecule has 0 bridgehead atoms. The maximum atomic E-state index is 13.3. The largest absolute Gasteiger partial charge is 0.448 e. The van der Waals surface area contributed by atoms with Gasteiger partial charge < -0.3 is 9.64 Å². The number of likely N-dealkylation sites (tertiary alicyclic amines) is 1. The maximum Gasteiger partial charge on any atom is 0.339 e. The molecule has 132 valence electrons. The van der Waals surface area contributed by atoms with E-state index in [9.17, 15) is 9.59 Å². The molecular formula is C20H17ClN2O3. The number of ether oxygens (including phenoxy) is 1. The van der Waals surface area contributed by atoms with Crippen LogP contribution >= 0.6 is 11.6 Å². The molecule has 1 aromatic heterocycles. The van der Waals surface area contributed by atoms with Crippen molar-refractivity contribution >= 4 is 23.5 Å². The van der Waals surface area contributed by atoms with Crippen molar-refractivity contribution in [2.24, 2.45) is 0 Å². The first-order valence-electron chi connectivity index (χ1n) is 8.77. The Morgan fingerprint density at radius 1 is 1.15 bits per heavy atom. The van der Waals surface area contributed by atoms with E-state index < -0.39 is 11.0 Å². The number of halogens is 1. The van der Waals surface area contributed by atoms with Crippen LogP contribution in [0.3, 0.4) is 0 Å². The highest BCUT2D eigenvalue weighted by Gasteiger charge is 2.57. The van der Waals surface area contributed by atoms with E-state index in [0.717, 1.165) is 24.0 Å². The van der Waals surface area contributed by atoms with Crippen molar-refractivity contribution in [3.05, 3.63) is 64.4 Å². The van der Waals surface area contributed by atoms with Gasteiger partial charge in [0, 0.05) is 35.9 Å². The Balaban J connectivity index is 1.43. The summed E-state index contributed by atoms with van der Waals surface area (Å²) in [7, 11) is 0. The maximum absolute atomic E-state index is 13.3. The quantitative estimate of drug-likeness (QED) is 0.764. The van der Waals surface area contributed by atoms with Crippen molar-refractivity contribution in [3.63, 3.8) is 0 Å². The van der Waals surface area contributed by atoms with E-state index in [2.05, 4.69) is 4.98 Å². The number of hydrogen-bond donors (Lipinski definition) is 0. The Morgan fingerprint density at radius 2 is 1.92 bits per heavy atom. The zero-order valence-electron chi connectivity index (χ0n) is 14.1. The summed E-state index contributed by atoms with van der Waals surface area (Å²) >= 11 is 5.98. The molecule has 1 spiro atoms. The second-order valence-electron chi connectivity index (χ2n) is 7.37. The van der Waals surface area contributed by atoms with Gasteiger partial charge in [0.1, 0.15) is 0 Å². The van der Waals surface area contributed by atoms with Crippen LogP contribution in [0.15, 0.2) is 42.7 Å². The summed E-state index contributed by atoms with van der Waals surface area (Å²) in [6.45, 7) is 0.974. The third-order valence-corrected chi connectivity index (χ3v) is 6.15. The van der Waals surface area contributed by atoms with Crippen LogP contribution in [-0.2, 0) is 20.5 Å². The van der Waals surface area contributed by atoms with Crippen LogP contribution in [-0.4, -0.2) is 34.8 Å². The van der Waals surface area contributed by atoms with E-state index in [-0.39, 0.29) is 11.9 Å². The fourth-order valence-electron chi connectivity index (χ4n) is 4.30. The third-order valence-electron chi connectivity index (χ3n) is 5.90. The van der Waals surface area contributed by atoms with Crippen molar-refractivity contribution in [1.29, 1.82) is 0 Å². The number of carbonyl (C=O) groups is 2. The summed E-state index contributed by atoms with van der Waals surface area (Å²) in [5.74, 6) is -0.208. The Kier molecular flexibility index (Phi) is 3.23. The number of pyridine rings is 1. The molecule has 1 saturated heterocycles. The van der Waals surface area contributed by atoms with E-state index in [4.69, 9.17) is 16.3 Å². The first-order chi connectivity index (χ1) is 12.5.